The molecule has 0 radical (unpaired) electrons. The van der Waals surface area contributed by atoms with Crippen molar-refractivity contribution < 1.29 is 13.2 Å². The van der Waals surface area contributed by atoms with Crippen LogP contribution in [0.15, 0.2) is 24.7 Å². The highest BCUT2D eigenvalue weighted by atomic mass is 32.2. The largest absolute Gasteiger partial charge is 0.353 e. The lowest BCUT2D eigenvalue weighted by molar-refractivity contribution is -0.131. The van der Waals surface area contributed by atoms with E-state index in [0.29, 0.717) is 32.0 Å². The van der Waals surface area contributed by atoms with E-state index in [1.165, 1.54) is 13.4 Å². The third-order valence-corrected chi connectivity index (χ3v) is 5.74. The molecular formula is C16H23N7O3S. The van der Waals surface area contributed by atoms with Crippen LogP contribution >= 0.6 is 0 Å². The molecule has 1 aliphatic heterocycles. The Morgan fingerprint density at radius 1 is 1.19 bits per heavy atom. The lowest BCUT2D eigenvalue weighted by Crippen LogP contribution is -2.51. The van der Waals surface area contributed by atoms with Gasteiger partial charge in [-0.15, -0.1) is 0 Å². The molecule has 2 aromatic heterocycles. The minimum absolute atomic E-state index is 0.144. The molecule has 1 fully saturated rings. The highest BCUT2D eigenvalue weighted by Crippen LogP contribution is 2.16. The number of likely N-dealkylation sites (N-methyl/N-ethyl adjacent to an activating group) is 1. The molecule has 3 rings (SSSR count). The molecule has 2 aromatic rings. The number of nitrogens with zero attached hydrogens (tertiary/aromatic N) is 7. The zero-order valence-electron chi connectivity index (χ0n) is 15.6. The Kier molecular flexibility index (Phi) is 5.42. The summed E-state index contributed by atoms with van der Waals surface area (Å²) in [6, 6.07) is 3.76. The molecule has 27 heavy (non-hydrogen) atoms. The van der Waals surface area contributed by atoms with Crippen molar-refractivity contribution >= 4 is 21.7 Å². The number of rotatable bonds is 5. The lowest BCUT2D eigenvalue weighted by Gasteiger charge is -2.36. The average molecular weight is 393 g/mol. The van der Waals surface area contributed by atoms with Gasteiger partial charge in [0.25, 0.3) is 0 Å². The van der Waals surface area contributed by atoms with E-state index in [-0.39, 0.29) is 12.5 Å². The molecule has 11 heteroatoms. The number of anilines is 1. The van der Waals surface area contributed by atoms with Crippen molar-refractivity contribution in [1.82, 2.24) is 29.0 Å². The van der Waals surface area contributed by atoms with Gasteiger partial charge in [-0.25, -0.2) is 23.1 Å². The third-order valence-electron chi connectivity index (χ3n) is 4.48. The van der Waals surface area contributed by atoms with E-state index in [1.54, 1.807) is 9.58 Å². The van der Waals surface area contributed by atoms with E-state index in [1.807, 2.05) is 25.3 Å². The number of sulfonamides is 1. The van der Waals surface area contributed by atoms with Crippen molar-refractivity contribution in [2.75, 3.05) is 50.9 Å². The van der Waals surface area contributed by atoms with Crippen LogP contribution in [-0.2, 0) is 14.8 Å². The molecule has 0 aliphatic carbocycles. The summed E-state index contributed by atoms with van der Waals surface area (Å²) in [7, 11) is -1.96. The Morgan fingerprint density at radius 2 is 1.85 bits per heavy atom. The number of amides is 1. The summed E-state index contributed by atoms with van der Waals surface area (Å²) in [4.78, 5) is 24.6. The summed E-state index contributed by atoms with van der Waals surface area (Å²) in [6.45, 7) is 4.02. The van der Waals surface area contributed by atoms with Gasteiger partial charge in [0.15, 0.2) is 5.82 Å². The van der Waals surface area contributed by atoms with Crippen LogP contribution in [0.1, 0.15) is 5.69 Å². The Hall–Kier alpha value is -2.53. The van der Waals surface area contributed by atoms with Gasteiger partial charge in [0.2, 0.25) is 15.9 Å². The fourth-order valence-electron chi connectivity index (χ4n) is 2.77. The Bertz CT molecular complexity index is 920. The van der Waals surface area contributed by atoms with Gasteiger partial charge in [0, 0.05) is 45.5 Å². The van der Waals surface area contributed by atoms with Crippen molar-refractivity contribution in [3.8, 4) is 5.82 Å². The number of piperazine rings is 1. The van der Waals surface area contributed by atoms with Gasteiger partial charge < -0.3 is 9.80 Å². The molecular weight excluding hydrogens is 370 g/mol. The van der Waals surface area contributed by atoms with Crippen LogP contribution in [0.3, 0.4) is 0 Å². The Morgan fingerprint density at radius 3 is 2.44 bits per heavy atom. The SMILES string of the molecule is Cc1ccn(-c2cc(N3CCN(C(=O)CN(C)S(C)(=O)=O)CC3)ncn2)n1. The second kappa shape index (κ2) is 7.61. The minimum atomic E-state index is -3.37. The summed E-state index contributed by atoms with van der Waals surface area (Å²) < 4.78 is 25.7. The molecule has 0 unspecified atom stereocenters. The van der Waals surface area contributed by atoms with Gasteiger partial charge in [-0.05, 0) is 13.0 Å². The summed E-state index contributed by atoms with van der Waals surface area (Å²) in [5, 5.41) is 4.35. The average Bonchev–Trinajstić information content (AvgIpc) is 3.07. The number of carbonyl (C=O) groups is 1. The van der Waals surface area contributed by atoms with Gasteiger partial charge in [0.1, 0.15) is 12.1 Å². The lowest BCUT2D eigenvalue weighted by atomic mass is 10.3. The van der Waals surface area contributed by atoms with Crippen LogP contribution in [0.5, 0.6) is 0 Å². The Balaban J connectivity index is 1.62. The number of hydrogen-bond acceptors (Lipinski definition) is 7. The predicted molar refractivity (Wildman–Crippen MR) is 100 cm³/mol. The highest BCUT2D eigenvalue weighted by molar-refractivity contribution is 7.88. The monoisotopic (exact) mass is 393 g/mol. The molecule has 0 atom stereocenters. The molecule has 146 valence electrons. The first kappa shape index (κ1) is 19.2. The molecule has 0 N–H and O–H groups in total. The van der Waals surface area contributed by atoms with Gasteiger partial charge >= 0.3 is 0 Å². The number of aromatic nitrogens is 4. The van der Waals surface area contributed by atoms with Gasteiger partial charge in [-0.1, -0.05) is 0 Å². The van der Waals surface area contributed by atoms with Gasteiger partial charge in [-0.3, -0.25) is 4.79 Å². The first-order valence-corrected chi connectivity index (χ1v) is 10.4. The van der Waals surface area contributed by atoms with E-state index in [2.05, 4.69) is 20.0 Å². The molecule has 0 aromatic carbocycles. The molecule has 1 amide bonds. The maximum Gasteiger partial charge on any atom is 0.238 e. The Labute approximate surface area is 158 Å². The van der Waals surface area contributed by atoms with Crippen LogP contribution in [0.4, 0.5) is 5.82 Å². The van der Waals surface area contributed by atoms with Crippen LogP contribution in [-0.4, -0.2) is 89.3 Å². The van der Waals surface area contributed by atoms with Gasteiger partial charge in [0.05, 0.1) is 18.5 Å². The number of aryl methyl sites for hydroxylation is 1. The second-order valence-corrected chi connectivity index (χ2v) is 8.61. The topological polar surface area (TPSA) is 105 Å². The number of carbonyl (C=O) groups excluding carboxylic acids is 1. The maximum atomic E-state index is 12.3. The van der Waals surface area contributed by atoms with Crippen molar-refractivity contribution in [1.29, 1.82) is 0 Å². The summed E-state index contributed by atoms with van der Waals surface area (Å²) >= 11 is 0. The molecule has 0 bridgehead atoms. The standard InChI is InChI=1S/C16H23N7O3S/c1-13-4-5-23(19-13)15-10-14(17-12-18-15)21-6-8-22(9-7-21)16(24)11-20(2)27(3,25)26/h4-5,10,12H,6-9,11H2,1-3H3. The molecule has 3 heterocycles. The summed E-state index contributed by atoms with van der Waals surface area (Å²) in [6.07, 6.45) is 4.43. The third kappa shape index (κ3) is 4.61. The summed E-state index contributed by atoms with van der Waals surface area (Å²) in [5.41, 5.74) is 0.904. The van der Waals surface area contributed by atoms with Gasteiger partial charge in [-0.2, -0.15) is 9.40 Å². The van der Waals surface area contributed by atoms with Crippen molar-refractivity contribution in [2.24, 2.45) is 0 Å². The van der Waals surface area contributed by atoms with E-state index >= 15 is 0 Å². The quantitative estimate of drug-likeness (QED) is 0.675. The fourth-order valence-corrected chi connectivity index (χ4v) is 3.12. The van der Waals surface area contributed by atoms with E-state index in [4.69, 9.17) is 0 Å². The molecule has 1 saturated heterocycles. The van der Waals surface area contributed by atoms with Crippen molar-refractivity contribution in [3.63, 3.8) is 0 Å². The molecule has 0 saturated carbocycles. The van der Waals surface area contributed by atoms with Crippen molar-refractivity contribution in [2.45, 2.75) is 6.92 Å². The van der Waals surface area contributed by atoms with Crippen LogP contribution < -0.4 is 4.90 Å². The van der Waals surface area contributed by atoms with E-state index in [0.717, 1.165) is 22.1 Å². The molecule has 10 nitrogen and oxygen atoms in total. The molecule has 1 aliphatic rings. The minimum Gasteiger partial charge on any atom is -0.353 e. The zero-order chi connectivity index (χ0) is 19.6. The smallest absolute Gasteiger partial charge is 0.238 e. The maximum absolute atomic E-state index is 12.3. The highest BCUT2D eigenvalue weighted by Gasteiger charge is 2.25. The summed E-state index contributed by atoms with van der Waals surface area (Å²) in [5.74, 6) is 1.26. The van der Waals surface area contributed by atoms with Crippen LogP contribution in [0.2, 0.25) is 0 Å². The molecule has 0 spiro atoms. The van der Waals surface area contributed by atoms with Crippen LogP contribution in [0, 0.1) is 6.92 Å². The second-order valence-electron chi connectivity index (χ2n) is 6.52. The first-order valence-electron chi connectivity index (χ1n) is 8.53. The number of hydrogen-bond donors (Lipinski definition) is 0. The fraction of sp³-hybridized carbons (Fsp3) is 0.500. The predicted octanol–water partition coefficient (Wildman–Crippen LogP) is -0.489. The van der Waals surface area contributed by atoms with E-state index in [9.17, 15) is 13.2 Å². The zero-order valence-corrected chi connectivity index (χ0v) is 16.4. The van der Waals surface area contributed by atoms with E-state index < -0.39 is 10.0 Å². The van der Waals surface area contributed by atoms with Crippen molar-refractivity contribution in [3.05, 3.63) is 30.4 Å². The first-order chi connectivity index (χ1) is 12.7. The normalized spacial score (nSPS) is 15.4. The van der Waals surface area contributed by atoms with Crippen LogP contribution in [0.25, 0.3) is 5.82 Å².